The van der Waals surface area contributed by atoms with Crippen LogP contribution in [-0.4, -0.2) is 20.6 Å². The number of rotatable bonds is 4. The van der Waals surface area contributed by atoms with Crippen molar-refractivity contribution in [2.75, 3.05) is 0 Å². The molecule has 0 amide bonds. The third kappa shape index (κ3) is 2.30. The van der Waals surface area contributed by atoms with Crippen LogP contribution in [0.5, 0.6) is 0 Å². The minimum atomic E-state index is -0.828. The highest BCUT2D eigenvalue weighted by atomic mass is 32.1. The maximum atomic E-state index is 10.6. The van der Waals surface area contributed by atoms with Gasteiger partial charge in [-0.2, -0.15) is 0 Å². The van der Waals surface area contributed by atoms with Gasteiger partial charge in [0.25, 0.3) is 0 Å². The quantitative estimate of drug-likeness (QED) is 0.879. The van der Waals surface area contributed by atoms with Gasteiger partial charge in [0.2, 0.25) is 0 Å². The average molecular weight is 236 g/mol. The first-order chi connectivity index (χ1) is 7.66. The van der Waals surface area contributed by atoms with Crippen LogP contribution in [0.25, 0.3) is 0 Å². The molecule has 0 bridgehead atoms. The molecule has 5 heteroatoms. The van der Waals surface area contributed by atoms with Crippen molar-refractivity contribution in [3.05, 3.63) is 40.1 Å². The molecule has 0 atom stereocenters. The highest BCUT2D eigenvalue weighted by molar-refractivity contribution is 7.09. The Morgan fingerprint density at radius 3 is 3.06 bits per heavy atom. The van der Waals surface area contributed by atoms with E-state index in [2.05, 4.69) is 11.1 Å². The van der Waals surface area contributed by atoms with E-state index in [1.165, 1.54) is 4.88 Å². The molecule has 4 nitrogen and oxygen atoms in total. The fourth-order valence-corrected chi connectivity index (χ4v) is 2.24. The molecular formula is C11H12N2O2S. The van der Waals surface area contributed by atoms with Crippen molar-refractivity contribution in [3.63, 3.8) is 0 Å². The zero-order chi connectivity index (χ0) is 11.5. The van der Waals surface area contributed by atoms with Crippen molar-refractivity contribution in [2.24, 2.45) is 7.05 Å². The van der Waals surface area contributed by atoms with E-state index in [1.807, 2.05) is 23.1 Å². The summed E-state index contributed by atoms with van der Waals surface area (Å²) in [4.78, 5) is 16.1. The smallest absolute Gasteiger partial charge is 0.309 e. The third-order valence-electron chi connectivity index (χ3n) is 2.43. The molecule has 0 saturated carbocycles. The molecular weight excluding hydrogens is 224 g/mol. The van der Waals surface area contributed by atoms with Gasteiger partial charge in [-0.25, -0.2) is 4.98 Å². The minimum Gasteiger partial charge on any atom is -0.481 e. The van der Waals surface area contributed by atoms with Crippen LogP contribution in [0.15, 0.2) is 23.7 Å². The number of nitrogens with zero attached hydrogens (tertiary/aromatic N) is 2. The Morgan fingerprint density at radius 1 is 1.62 bits per heavy atom. The lowest BCUT2D eigenvalue weighted by Crippen LogP contribution is -2.07. The standard InChI is InChI=1S/C11H12N2O2S/c1-13-8(5-11(14)15)7-12-10(13)6-9-3-2-4-16-9/h2-4,7H,5-6H2,1H3,(H,14,15). The van der Waals surface area contributed by atoms with Crippen molar-refractivity contribution in [2.45, 2.75) is 12.8 Å². The summed E-state index contributed by atoms with van der Waals surface area (Å²) in [6, 6.07) is 4.05. The summed E-state index contributed by atoms with van der Waals surface area (Å²) in [7, 11) is 1.86. The molecule has 2 aromatic rings. The molecule has 2 rings (SSSR count). The summed E-state index contributed by atoms with van der Waals surface area (Å²) in [5.41, 5.74) is 0.735. The van der Waals surface area contributed by atoms with E-state index in [9.17, 15) is 4.79 Å². The first-order valence-electron chi connectivity index (χ1n) is 4.90. The van der Waals surface area contributed by atoms with Gasteiger partial charge in [-0.1, -0.05) is 6.07 Å². The number of carbonyl (C=O) groups is 1. The van der Waals surface area contributed by atoms with Crippen molar-refractivity contribution >= 4 is 17.3 Å². The summed E-state index contributed by atoms with van der Waals surface area (Å²) < 4.78 is 1.86. The van der Waals surface area contributed by atoms with Gasteiger partial charge in [0.1, 0.15) is 5.82 Å². The Morgan fingerprint density at radius 2 is 2.44 bits per heavy atom. The zero-order valence-electron chi connectivity index (χ0n) is 8.88. The minimum absolute atomic E-state index is 0.0218. The topological polar surface area (TPSA) is 55.1 Å². The molecule has 0 saturated heterocycles. The van der Waals surface area contributed by atoms with Crippen molar-refractivity contribution in [3.8, 4) is 0 Å². The Bertz CT molecular complexity index is 488. The largest absolute Gasteiger partial charge is 0.481 e. The fraction of sp³-hybridized carbons (Fsp3) is 0.273. The Labute approximate surface area is 97.2 Å². The van der Waals surface area contributed by atoms with Crippen LogP contribution in [-0.2, 0) is 24.7 Å². The van der Waals surface area contributed by atoms with Crippen molar-refractivity contribution < 1.29 is 9.90 Å². The molecule has 1 N–H and O–H groups in total. The number of hydrogen-bond donors (Lipinski definition) is 1. The number of aromatic nitrogens is 2. The van der Waals surface area contributed by atoms with Gasteiger partial charge in [-0.3, -0.25) is 4.79 Å². The molecule has 0 aliphatic carbocycles. The van der Waals surface area contributed by atoms with E-state index in [0.29, 0.717) is 0 Å². The van der Waals surface area contributed by atoms with Crippen LogP contribution in [0, 0.1) is 0 Å². The molecule has 16 heavy (non-hydrogen) atoms. The van der Waals surface area contributed by atoms with Crippen LogP contribution >= 0.6 is 11.3 Å². The number of carboxylic acid groups (broad SMARTS) is 1. The zero-order valence-corrected chi connectivity index (χ0v) is 9.70. The lowest BCUT2D eigenvalue weighted by atomic mass is 10.3. The van der Waals surface area contributed by atoms with Crippen molar-refractivity contribution in [1.29, 1.82) is 0 Å². The van der Waals surface area contributed by atoms with Gasteiger partial charge in [-0.05, 0) is 11.4 Å². The Hall–Kier alpha value is -1.62. The van der Waals surface area contributed by atoms with Crippen LogP contribution in [0.2, 0.25) is 0 Å². The summed E-state index contributed by atoms with van der Waals surface area (Å²) in [5.74, 6) is 0.0735. The Balaban J connectivity index is 2.17. The van der Waals surface area contributed by atoms with Gasteiger partial charge in [0.05, 0.1) is 6.42 Å². The molecule has 0 fully saturated rings. The van der Waals surface area contributed by atoms with Gasteiger partial charge in [-0.15, -0.1) is 11.3 Å². The molecule has 2 aromatic heterocycles. The van der Waals surface area contributed by atoms with E-state index in [-0.39, 0.29) is 6.42 Å². The maximum absolute atomic E-state index is 10.6. The first-order valence-corrected chi connectivity index (χ1v) is 5.78. The molecule has 0 spiro atoms. The van der Waals surface area contributed by atoms with Crippen LogP contribution in [0.4, 0.5) is 0 Å². The molecule has 84 valence electrons. The second-order valence-electron chi connectivity index (χ2n) is 3.55. The summed E-state index contributed by atoms with van der Waals surface area (Å²) in [5, 5.41) is 10.7. The maximum Gasteiger partial charge on any atom is 0.309 e. The van der Waals surface area contributed by atoms with E-state index in [0.717, 1.165) is 17.9 Å². The number of imidazole rings is 1. The van der Waals surface area contributed by atoms with Crippen LogP contribution in [0.1, 0.15) is 16.4 Å². The second-order valence-corrected chi connectivity index (χ2v) is 4.58. The molecule has 0 aliphatic heterocycles. The first kappa shape index (κ1) is 10.9. The van der Waals surface area contributed by atoms with E-state index >= 15 is 0 Å². The SMILES string of the molecule is Cn1c(CC(=O)O)cnc1Cc1cccs1. The van der Waals surface area contributed by atoms with E-state index < -0.39 is 5.97 Å². The molecule has 0 aliphatic rings. The third-order valence-corrected chi connectivity index (χ3v) is 3.30. The van der Waals surface area contributed by atoms with Gasteiger partial charge in [0, 0.05) is 30.2 Å². The summed E-state index contributed by atoms with van der Waals surface area (Å²) in [6.45, 7) is 0. The van der Waals surface area contributed by atoms with Gasteiger partial charge in [0.15, 0.2) is 0 Å². The van der Waals surface area contributed by atoms with Crippen LogP contribution in [0.3, 0.4) is 0 Å². The molecule has 0 radical (unpaired) electrons. The van der Waals surface area contributed by atoms with E-state index in [1.54, 1.807) is 17.5 Å². The molecule has 0 aromatic carbocycles. The summed E-state index contributed by atoms with van der Waals surface area (Å²) in [6.07, 6.45) is 2.42. The lowest BCUT2D eigenvalue weighted by Gasteiger charge is -2.03. The van der Waals surface area contributed by atoms with Gasteiger partial charge < -0.3 is 9.67 Å². The highest BCUT2D eigenvalue weighted by Crippen LogP contribution is 2.14. The Kier molecular flexibility index (Phi) is 3.05. The highest BCUT2D eigenvalue weighted by Gasteiger charge is 2.10. The second kappa shape index (κ2) is 4.49. The monoisotopic (exact) mass is 236 g/mol. The predicted octanol–water partition coefficient (Wildman–Crippen LogP) is 1.70. The number of hydrogen-bond acceptors (Lipinski definition) is 3. The number of carboxylic acids is 1. The number of thiophene rings is 1. The molecule has 0 unspecified atom stereocenters. The summed E-state index contributed by atoms with van der Waals surface area (Å²) >= 11 is 1.68. The number of aliphatic carboxylic acids is 1. The molecule has 2 heterocycles. The predicted molar refractivity (Wildman–Crippen MR) is 61.7 cm³/mol. The lowest BCUT2D eigenvalue weighted by molar-refractivity contribution is -0.136. The van der Waals surface area contributed by atoms with E-state index in [4.69, 9.17) is 5.11 Å². The normalized spacial score (nSPS) is 10.6. The average Bonchev–Trinajstić information content (AvgIpc) is 2.82. The van der Waals surface area contributed by atoms with Crippen LogP contribution < -0.4 is 0 Å². The van der Waals surface area contributed by atoms with Crippen molar-refractivity contribution in [1.82, 2.24) is 9.55 Å². The fourth-order valence-electron chi connectivity index (χ4n) is 1.54. The van der Waals surface area contributed by atoms with Gasteiger partial charge >= 0.3 is 5.97 Å².